The Labute approximate surface area is 230 Å². The second-order valence-electron chi connectivity index (χ2n) is 10.1. The molecule has 40 heavy (non-hydrogen) atoms. The lowest BCUT2D eigenvalue weighted by atomic mass is 9.84. The highest BCUT2D eigenvalue weighted by atomic mass is 32.2. The molecule has 0 radical (unpaired) electrons. The summed E-state index contributed by atoms with van der Waals surface area (Å²) in [5, 5.41) is -0.0697. The van der Waals surface area contributed by atoms with Gasteiger partial charge in [0.2, 0.25) is 5.88 Å². The van der Waals surface area contributed by atoms with Gasteiger partial charge in [-0.3, -0.25) is 9.98 Å². The van der Waals surface area contributed by atoms with E-state index in [2.05, 4.69) is 29.9 Å². The second kappa shape index (κ2) is 9.65. The molecule has 4 heterocycles. The van der Waals surface area contributed by atoms with Crippen LogP contribution in [0.3, 0.4) is 0 Å². The SMILES string of the molecule is Cc1ccnc(COc2cnc3c(Cc4cc(F)c(F)c([C@@]5(C)N=C(N)S[C@@]6(C(F)F)C[C@@H]56)c4)nccc3n2)n1. The summed E-state index contributed by atoms with van der Waals surface area (Å²) in [6.07, 6.45) is 2.12. The second-order valence-corrected chi connectivity index (χ2v) is 11.4. The normalized spacial score (nSPS) is 23.7. The molecule has 0 bridgehead atoms. The van der Waals surface area contributed by atoms with Crippen molar-refractivity contribution in [3.05, 3.63) is 82.8 Å². The Hall–Kier alpha value is -3.87. The zero-order valence-corrected chi connectivity index (χ0v) is 22.2. The van der Waals surface area contributed by atoms with Crippen LogP contribution in [0.5, 0.6) is 5.88 Å². The van der Waals surface area contributed by atoms with E-state index in [4.69, 9.17) is 10.5 Å². The van der Waals surface area contributed by atoms with Crippen molar-refractivity contribution in [2.45, 2.75) is 50.0 Å². The van der Waals surface area contributed by atoms with Crippen LogP contribution in [0, 0.1) is 24.5 Å². The third-order valence-corrected chi connectivity index (χ3v) is 8.66. The van der Waals surface area contributed by atoms with Gasteiger partial charge in [-0.2, -0.15) is 0 Å². The van der Waals surface area contributed by atoms with Crippen molar-refractivity contribution in [3.63, 3.8) is 0 Å². The van der Waals surface area contributed by atoms with Crippen molar-refractivity contribution in [1.29, 1.82) is 0 Å². The van der Waals surface area contributed by atoms with Crippen LogP contribution in [0.15, 0.2) is 47.8 Å². The molecule has 1 aliphatic carbocycles. The first-order valence-corrected chi connectivity index (χ1v) is 13.2. The van der Waals surface area contributed by atoms with Gasteiger partial charge < -0.3 is 10.5 Å². The van der Waals surface area contributed by atoms with Crippen molar-refractivity contribution >= 4 is 28.0 Å². The van der Waals surface area contributed by atoms with Crippen LogP contribution in [0.4, 0.5) is 17.6 Å². The van der Waals surface area contributed by atoms with Gasteiger partial charge in [0.25, 0.3) is 6.43 Å². The number of aromatic nitrogens is 5. The van der Waals surface area contributed by atoms with E-state index >= 15 is 4.39 Å². The average molecular weight is 570 g/mol. The van der Waals surface area contributed by atoms with Crippen LogP contribution < -0.4 is 10.5 Å². The van der Waals surface area contributed by atoms with Crippen LogP contribution in [-0.4, -0.2) is 41.3 Å². The van der Waals surface area contributed by atoms with Gasteiger partial charge in [-0.05, 0) is 50.1 Å². The maximum Gasteiger partial charge on any atom is 0.253 e. The summed E-state index contributed by atoms with van der Waals surface area (Å²) in [4.78, 5) is 26.1. The quantitative estimate of drug-likeness (QED) is 0.314. The summed E-state index contributed by atoms with van der Waals surface area (Å²) in [5.41, 5.74) is 6.94. The number of thioether (sulfide) groups is 1. The molecule has 3 aromatic heterocycles. The molecule has 6 rings (SSSR count). The number of amidine groups is 1. The Morgan fingerprint density at radius 2 is 1.93 bits per heavy atom. The van der Waals surface area contributed by atoms with E-state index in [-0.39, 0.29) is 36.1 Å². The molecule has 8 nitrogen and oxygen atoms in total. The lowest BCUT2D eigenvalue weighted by Gasteiger charge is -2.34. The van der Waals surface area contributed by atoms with Gasteiger partial charge in [-0.25, -0.2) is 37.5 Å². The van der Waals surface area contributed by atoms with Gasteiger partial charge in [0.05, 0.1) is 27.7 Å². The zero-order chi connectivity index (χ0) is 28.2. The molecule has 1 aliphatic heterocycles. The highest BCUT2D eigenvalue weighted by Crippen LogP contribution is 2.68. The summed E-state index contributed by atoms with van der Waals surface area (Å²) in [7, 11) is 0. The third-order valence-electron chi connectivity index (χ3n) is 7.35. The Morgan fingerprint density at radius 1 is 1.12 bits per heavy atom. The van der Waals surface area contributed by atoms with E-state index in [1.54, 1.807) is 18.3 Å². The number of fused-ring (bicyclic) bond motifs is 2. The molecule has 1 aromatic carbocycles. The minimum Gasteiger partial charge on any atom is -0.468 e. The number of aliphatic imine (C=N–C) groups is 1. The highest BCUT2D eigenvalue weighted by molar-refractivity contribution is 8.15. The smallest absolute Gasteiger partial charge is 0.253 e. The molecule has 2 aliphatic rings. The fraction of sp³-hybridized carbons (Fsp3) is 0.333. The number of hydrogen-bond donors (Lipinski definition) is 1. The van der Waals surface area contributed by atoms with Gasteiger partial charge in [-0.1, -0.05) is 11.8 Å². The van der Waals surface area contributed by atoms with E-state index in [0.29, 0.717) is 28.1 Å². The lowest BCUT2D eigenvalue weighted by Crippen LogP contribution is -2.39. The predicted molar refractivity (Wildman–Crippen MR) is 141 cm³/mol. The van der Waals surface area contributed by atoms with Gasteiger partial charge >= 0.3 is 0 Å². The van der Waals surface area contributed by atoms with Crippen LogP contribution in [0.2, 0.25) is 0 Å². The molecule has 206 valence electrons. The number of aryl methyl sites for hydroxylation is 1. The molecule has 1 fully saturated rings. The Kier molecular flexibility index (Phi) is 6.36. The third kappa shape index (κ3) is 4.51. The van der Waals surface area contributed by atoms with E-state index in [1.807, 2.05) is 6.92 Å². The van der Waals surface area contributed by atoms with Gasteiger partial charge in [0, 0.05) is 36.0 Å². The molecule has 3 atom stereocenters. The van der Waals surface area contributed by atoms with Crippen molar-refractivity contribution in [2.24, 2.45) is 16.6 Å². The van der Waals surface area contributed by atoms with Crippen LogP contribution in [-0.2, 0) is 18.6 Å². The number of halogens is 4. The Morgan fingerprint density at radius 3 is 2.70 bits per heavy atom. The monoisotopic (exact) mass is 569 g/mol. The van der Waals surface area contributed by atoms with Crippen molar-refractivity contribution in [3.8, 4) is 5.88 Å². The topological polar surface area (TPSA) is 112 Å². The highest BCUT2D eigenvalue weighted by Gasteiger charge is 2.71. The first-order chi connectivity index (χ1) is 19.1. The molecule has 0 amide bonds. The molecule has 0 spiro atoms. The largest absolute Gasteiger partial charge is 0.468 e. The Bertz CT molecular complexity index is 1670. The minimum absolute atomic E-state index is 0.0697. The van der Waals surface area contributed by atoms with Gasteiger partial charge in [0.15, 0.2) is 22.6 Å². The summed E-state index contributed by atoms with van der Waals surface area (Å²) in [6.45, 7) is 3.49. The van der Waals surface area contributed by atoms with E-state index in [0.717, 1.165) is 23.5 Å². The van der Waals surface area contributed by atoms with E-state index in [1.165, 1.54) is 25.4 Å². The maximum absolute atomic E-state index is 15.2. The molecule has 0 unspecified atom stereocenters. The number of hydrogen-bond acceptors (Lipinski definition) is 9. The molecular formula is C27H23F4N7OS. The molecular weight excluding hydrogens is 546 g/mol. The first-order valence-electron chi connectivity index (χ1n) is 12.4. The minimum atomic E-state index is -2.68. The summed E-state index contributed by atoms with van der Waals surface area (Å²) < 4.78 is 62.1. The number of benzene rings is 1. The first kappa shape index (κ1) is 26.4. The van der Waals surface area contributed by atoms with Crippen LogP contribution >= 0.6 is 11.8 Å². The van der Waals surface area contributed by atoms with Crippen molar-refractivity contribution < 1.29 is 22.3 Å². The number of nitrogens with two attached hydrogens (primary N) is 1. The standard InChI is InChI=1S/C27H23F4N7OS/c1-13-3-5-34-20(36-13)12-39-21-11-35-23-17(37-21)4-6-33-18(23)9-14-7-15(22(29)16(28)8-14)26(2)19-10-27(19,24(30)31)40-25(32)38-26/h3-8,11,19,24H,9-10,12H2,1-2H3,(H2,32,38)/t19-,26+,27-/m0/s1. The predicted octanol–water partition coefficient (Wildman–Crippen LogP) is 4.87. The summed E-state index contributed by atoms with van der Waals surface area (Å²) in [5.74, 6) is -2.17. The Balaban J connectivity index is 1.30. The summed E-state index contributed by atoms with van der Waals surface area (Å²) >= 11 is 0.809. The average Bonchev–Trinajstić information content (AvgIpc) is 3.66. The molecule has 1 saturated carbocycles. The fourth-order valence-electron chi connectivity index (χ4n) is 5.31. The van der Waals surface area contributed by atoms with Gasteiger partial charge in [-0.15, -0.1) is 0 Å². The van der Waals surface area contributed by atoms with Crippen LogP contribution in [0.1, 0.15) is 41.7 Å². The molecule has 0 saturated heterocycles. The van der Waals surface area contributed by atoms with E-state index in [9.17, 15) is 13.2 Å². The van der Waals surface area contributed by atoms with E-state index < -0.39 is 34.3 Å². The number of alkyl halides is 2. The van der Waals surface area contributed by atoms with Crippen molar-refractivity contribution in [1.82, 2.24) is 24.9 Å². The maximum atomic E-state index is 15.2. The molecule has 2 N–H and O–H groups in total. The number of nitrogens with zero attached hydrogens (tertiary/aromatic N) is 6. The fourth-order valence-corrected chi connectivity index (χ4v) is 6.64. The van der Waals surface area contributed by atoms with Crippen molar-refractivity contribution in [2.75, 3.05) is 0 Å². The number of rotatable bonds is 7. The summed E-state index contributed by atoms with van der Waals surface area (Å²) in [6, 6.07) is 5.96. The molecule has 13 heteroatoms. The lowest BCUT2D eigenvalue weighted by molar-refractivity contribution is 0.123. The molecule has 4 aromatic rings. The number of pyridine rings is 1. The number of ether oxygens (including phenoxy) is 1. The van der Waals surface area contributed by atoms with Crippen LogP contribution in [0.25, 0.3) is 11.0 Å². The zero-order valence-electron chi connectivity index (χ0n) is 21.4. The van der Waals surface area contributed by atoms with Gasteiger partial charge in [0.1, 0.15) is 12.1 Å².